The SMILES string of the molecule is C=CCN=C/C=C(\C=C/C)c1cc[n+](CC(=O)OC2CC(C)(C)N(O)C(C)(C)C2)cc1. The van der Waals surface area contributed by atoms with Gasteiger partial charge in [-0.3, -0.25) is 4.99 Å². The van der Waals surface area contributed by atoms with E-state index in [0.717, 1.165) is 11.1 Å². The fourth-order valence-electron chi connectivity index (χ4n) is 4.09. The first-order chi connectivity index (χ1) is 14.6. The Bertz CT molecular complexity index is 833. The summed E-state index contributed by atoms with van der Waals surface area (Å²) in [5.74, 6) is -0.276. The average molecular weight is 427 g/mol. The van der Waals surface area contributed by atoms with Crippen LogP contribution in [-0.2, 0) is 16.1 Å². The highest BCUT2D eigenvalue weighted by Crippen LogP contribution is 2.37. The third kappa shape index (κ3) is 6.97. The Morgan fingerprint density at radius 3 is 2.45 bits per heavy atom. The topological polar surface area (TPSA) is 66.0 Å². The van der Waals surface area contributed by atoms with Crippen LogP contribution in [0.15, 0.2) is 60.4 Å². The van der Waals surface area contributed by atoms with E-state index in [4.69, 9.17) is 4.74 Å². The molecule has 1 aliphatic heterocycles. The second-order valence-corrected chi connectivity index (χ2v) is 9.14. The minimum absolute atomic E-state index is 0.143. The van der Waals surface area contributed by atoms with E-state index in [1.807, 2.05) is 81.9 Å². The summed E-state index contributed by atoms with van der Waals surface area (Å²) in [6.45, 7) is 14.2. The largest absolute Gasteiger partial charge is 0.458 e. The maximum absolute atomic E-state index is 12.5. The average Bonchev–Trinajstić information content (AvgIpc) is 2.68. The number of piperidine rings is 1. The second kappa shape index (κ2) is 10.6. The molecule has 2 heterocycles. The van der Waals surface area contributed by atoms with Gasteiger partial charge in [0.15, 0.2) is 12.4 Å². The van der Waals surface area contributed by atoms with Gasteiger partial charge in [0.1, 0.15) is 6.10 Å². The van der Waals surface area contributed by atoms with E-state index in [2.05, 4.69) is 11.6 Å². The van der Waals surface area contributed by atoms with Crippen molar-refractivity contribution < 1.29 is 19.3 Å². The van der Waals surface area contributed by atoms with Crippen LogP contribution in [0.25, 0.3) is 5.57 Å². The minimum atomic E-state index is -0.452. The molecule has 0 bridgehead atoms. The zero-order chi connectivity index (χ0) is 23.1. The molecule has 0 atom stereocenters. The summed E-state index contributed by atoms with van der Waals surface area (Å²) in [6.07, 6.45) is 14.2. The molecule has 6 heteroatoms. The van der Waals surface area contributed by atoms with Crippen molar-refractivity contribution in [2.75, 3.05) is 6.54 Å². The quantitative estimate of drug-likeness (QED) is 0.223. The van der Waals surface area contributed by atoms with E-state index >= 15 is 0 Å². The molecule has 168 valence electrons. The number of hydrogen-bond donors (Lipinski definition) is 1. The first-order valence-electron chi connectivity index (χ1n) is 10.7. The Morgan fingerprint density at radius 2 is 1.90 bits per heavy atom. The van der Waals surface area contributed by atoms with Gasteiger partial charge in [-0.25, -0.2) is 4.79 Å². The normalized spacial score (nSPS) is 19.7. The standard InChI is InChI=1S/C25H36N3O3/c1-7-9-20(10-14-26-13-8-2)21-11-15-27(16-12-21)19-23(29)31-22-17-24(3,4)28(30)25(5,6)18-22/h7-12,14-16,22,30H,2,13,17-19H2,1,3-6H3/q+1/b9-7-,20-10+,26-14?. The van der Waals surface area contributed by atoms with Crippen LogP contribution in [0.2, 0.25) is 0 Å². The lowest BCUT2D eigenvalue weighted by atomic mass is 9.80. The molecule has 0 amide bonds. The first kappa shape index (κ1) is 24.7. The summed E-state index contributed by atoms with van der Waals surface area (Å²) in [5, 5.41) is 11.8. The lowest BCUT2D eigenvalue weighted by Crippen LogP contribution is -2.60. The molecule has 0 unspecified atom stereocenters. The van der Waals surface area contributed by atoms with Crippen molar-refractivity contribution in [3.8, 4) is 0 Å². The number of aromatic nitrogens is 1. The van der Waals surface area contributed by atoms with Gasteiger partial charge in [-0.05, 0) is 51.8 Å². The van der Waals surface area contributed by atoms with E-state index in [0.29, 0.717) is 19.4 Å². The van der Waals surface area contributed by atoms with Crippen molar-refractivity contribution in [1.82, 2.24) is 5.06 Å². The first-order valence-corrected chi connectivity index (χ1v) is 10.7. The summed E-state index contributed by atoms with van der Waals surface area (Å²) in [5.41, 5.74) is 1.16. The molecule has 1 aromatic heterocycles. The highest BCUT2D eigenvalue weighted by atomic mass is 16.5. The van der Waals surface area contributed by atoms with Gasteiger partial charge in [0.2, 0.25) is 6.54 Å². The molecule has 1 saturated heterocycles. The van der Waals surface area contributed by atoms with E-state index < -0.39 is 11.1 Å². The van der Waals surface area contributed by atoms with Gasteiger partial charge in [0, 0.05) is 42.3 Å². The van der Waals surface area contributed by atoms with Crippen LogP contribution >= 0.6 is 0 Å². The number of rotatable bonds is 8. The Kier molecular flexibility index (Phi) is 8.48. The Labute approximate surface area is 186 Å². The molecule has 1 N–H and O–H groups in total. The third-order valence-electron chi connectivity index (χ3n) is 5.38. The molecular formula is C25H36N3O3+. The summed E-state index contributed by atoms with van der Waals surface area (Å²) in [6, 6.07) is 3.94. The van der Waals surface area contributed by atoms with Gasteiger partial charge in [0.05, 0.1) is 6.54 Å². The van der Waals surface area contributed by atoms with Crippen molar-refractivity contribution in [2.24, 2.45) is 4.99 Å². The van der Waals surface area contributed by atoms with Gasteiger partial charge in [-0.2, -0.15) is 9.63 Å². The molecule has 0 radical (unpaired) electrons. The van der Waals surface area contributed by atoms with Gasteiger partial charge < -0.3 is 9.94 Å². The number of esters is 1. The lowest BCUT2D eigenvalue weighted by molar-refractivity contribution is -0.686. The van der Waals surface area contributed by atoms with Gasteiger partial charge in [-0.15, -0.1) is 6.58 Å². The third-order valence-corrected chi connectivity index (χ3v) is 5.38. The van der Waals surface area contributed by atoms with Crippen molar-refractivity contribution in [3.63, 3.8) is 0 Å². The van der Waals surface area contributed by atoms with Gasteiger partial charge in [-0.1, -0.05) is 18.2 Å². The molecule has 0 aliphatic carbocycles. The number of aliphatic imine (C=N–C) groups is 1. The van der Waals surface area contributed by atoms with Crippen LogP contribution in [0, 0.1) is 0 Å². The molecule has 1 fully saturated rings. The van der Waals surface area contributed by atoms with Crippen LogP contribution in [0.4, 0.5) is 0 Å². The molecular weight excluding hydrogens is 390 g/mol. The summed E-state index contributed by atoms with van der Waals surface area (Å²) < 4.78 is 7.57. The molecule has 6 nitrogen and oxygen atoms in total. The molecule has 0 spiro atoms. The molecule has 2 rings (SSSR count). The number of hydroxylamine groups is 2. The fourth-order valence-corrected chi connectivity index (χ4v) is 4.09. The molecule has 1 aromatic rings. The van der Waals surface area contributed by atoms with Crippen LogP contribution in [0.5, 0.6) is 0 Å². The summed E-state index contributed by atoms with van der Waals surface area (Å²) in [7, 11) is 0. The van der Waals surface area contributed by atoms with E-state index in [9.17, 15) is 10.0 Å². The Hall–Kier alpha value is -2.57. The van der Waals surface area contributed by atoms with Crippen LogP contribution < -0.4 is 4.57 Å². The van der Waals surface area contributed by atoms with Crippen molar-refractivity contribution in [1.29, 1.82) is 0 Å². The lowest BCUT2D eigenvalue weighted by Gasteiger charge is -2.50. The number of nitrogens with zero attached hydrogens (tertiary/aromatic N) is 3. The van der Waals surface area contributed by atoms with Crippen LogP contribution in [0.1, 0.15) is 53.0 Å². The molecule has 1 aliphatic rings. The van der Waals surface area contributed by atoms with E-state index in [1.54, 1.807) is 12.3 Å². The number of ether oxygens (including phenoxy) is 1. The highest BCUT2D eigenvalue weighted by Gasteiger charge is 2.46. The predicted molar refractivity (Wildman–Crippen MR) is 124 cm³/mol. The predicted octanol–water partition coefficient (Wildman–Crippen LogP) is 4.14. The van der Waals surface area contributed by atoms with E-state index in [-0.39, 0.29) is 18.6 Å². The van der Waals surface area contributed by atoms with Crippen molar-refractivity contribution >= 4 is 17.8 Å². The van der Waals surface area contributed by atoms with Crippen LogP contribution in [0.3, 0.4) is 0 Å². The smallest absolute Gasteiger partial charge is 0.372 e. The molecule has 0 aromatic carbocycles. The van der Waals surface area contributed by atoms with Crippen molar-refractivity contribution in [3.05, 3.63) is 61.0 Å². The number of carbonyl (C=O) groups is 1. The zero-order valence-corrected chi connectivity index (χ0v) is 19.4. The summed E-state index contributed by atoms with van der Waals surface area (Å²) >= 11 is 0. The highest BCUT2D eigenvalue weighted by molar-refractivity contribution is 5.88. The molecule has 31 heavy (non-hydrogen) atoms. The Morgan fingerprint density at radius 1 is 1.29 bits per heavy atom. The second-order valence-electron chi connectivity index (χ2n) is 9.14. The summed E-state index contributed by atoms with van der Waals surface area (Å²) in [4.78, 5) is 16.8. The number of carbonyl (C=O) groups excluding carboxylic acids is 1. The maximum Gasteiger partial charge on any atom is 0.372 e. The van der Waals surface area contributed by atoms with Crippen LogP contribution in [-0.4, -0.2) is 46.2 Å². The number of pyridine rings is 1. The minimum Gasteiger partial charge on any atom is -0.458 e. The van der Waals surface area contributed by atoms with Crippen molar-refractivity contribution in [2.45, 2.75) is 71.2 Å². The molecule has 0 saturated carbocycles. The maximum atomic E-state index is 12.5. The zero-order valence-electron chi connectivity index (χ0n) is 19.4. The van der Waals surface area contributed by atoms with E-state index in [1.165, 1.54) is 5.06 Å². The monoisotopic (exact) mass is 426 g/mol. The Balaban J connectivity index is 2.02. The number of allylic oxidation sites excluding steroid dienone is 4. The fraction of sp³-hybridized carbons (Fsp3) is 0.480. The van der Waals surface area contributed by atoms with Gasteiger partial charge in [0.25, 0.3) is 0 Å². The number of hydrogen-bond acceptors (Lipinski definition) is 5. The van der Waals surface area contributed by atoms with Gasteiger partial charge >= 0.3 is 5.97 Å².